The van der Waals surface area contributed by atoms with Crippen molar-refractivity contribution >= 4 is 0 Å². The van der Waals surface area contributed by atoms with Gasteiger partial charge in [-0.05, 0) is 19.4 Å². The number of aliphatic hydroxyl groups is 1. The lowest BCUT2D eigenvalue weighted by molar-refractivity contribution is 0.167. The molecule has 0 aromatic heterocycles. The predicted molar refractivity (Wildman–Crippen MR) is 39.8 cm³/mol. The van der Waals surface area contributed by atoms with Gasteiger partial charge in [0.2, 0.25) is 0 Å². The fraction of sp³-hybridized carbons (Fsp3) is 1.00. The van der Waals surface area contributed by atoms with Crippen LogP contribution in [0.1, 0.15) is 19.8 Å². The van der Waals surface area contributed by atoms with Crippen LogP contribution in [0.25, 0.3) is 0 Å². The monoisotopic (exact) mass is 149 g/mol. The van der Waals surface area contributed by atoms with Crippen LogP contribution in [0.4, 0.5) is 4.39 Å². The normalized spacial score (nSPS) is 13.5. The minimum Gasteiger partial charge on any atom is -0.392 e. The second-order valence-corrected chi connectivity index (χ2v) is 2.31. The van der Waals surface area contributed by atoms with E-state index in [0.717, 1.165) is 6.42 Å². The van der Waals surface area contributed by atoms with Gasteiger partial charge in [-0.25, -0.2) is 0 Å². The van der Waals surface area contributed by atoms with Gasteiger partial charge in [0.1, 0.15) is 0 Å². The van der Waals surface area contributed by atoms with Gasteiger partial charge >= 0.3 is 0 Å². The Labute approximate surface area is 61.4 Å². The molecule has 0 amide bonds. The van der Waals surface area contributed by atoms with E-state index in [0.29, 0.717) is 19.5 Å². The summed E-state index contributed by atoms with van der Waals surface area (Å²) in [5.74, 6) is 0. The molecule has 0 saturated carbocycles. The number of rotatable bonds is 6. The van der Waals surface area contributed by atoms with Gasteiger partial charge in [-0.15, -0.1) is 0 Å². The fourth-order valence-corrected chi connectivity index (χ4v) is 0.605. The molecule has 1 unspecified atom stereocenters. The second kappa shape index (κ2) is 6.96. The van der Waals surface area contributed by atoms with E-state index >= 15 is 0 Å². The average molecular weight is 149 g/mol. The lowest BCUT2D eigenvalue weighted by atomic mass is 10.3. The van der Waals surface area contributed by atoms with E-state index in [1.165, 1.54) is 0 Å². The molecule has 0 aromatic rings. The molecule has 0 aliphatic carbocycles. The largest absolute Gasteiger partial charge is 0.392 e. The molecule has 0 aliphatic rings. The summed E-state index contributed by atoms with van der Waals surface area (Å²) in [7, 11) is 0. The van der Waals surface area contributed by atoms with E-state index in [2.05, 4.69) is 5.32 Å². The minimum absolute atomic E-state index is 0.278. The van der Waals surface area contributed by atoms with Crippen LogP contribution in [0.15, 0.2) is 0 Å². The summed E-state index contributed by atoms with van der Waals surface area (Å²) in [6.45, 7) is 2.88. The van der Waals surface area contributed by atoms with Crippen molar-refractivity contribution < 1.29 is 9.50 Å². The number of aliphatic hydroxyl groups excluding tert-OH is 1. The van der Waals surface area contributed by atoms with E-state index in [-0.39, 0.29) is 12.8 Å². The number of nitrogens with one attached hydrogen (secondary N) is 1. The molecule has 3 heteroatoms. The Balaban J connectivity index is 2.89. The van der Waals surface area contributed by atoms with Crippen molar-refractivity contribution in [3.05, 3.63) is 0 Å². The highest BCUT2D eigenvalue weighted by Gasteiger charge is 1.97. The van der Waals surface area contributed by atoms with Crippen LogP contribution in [0.2, 0.25) is 0 Å². The first kappa shape index (κ1) is 9.85. The van der Waals surface area contributed by atoms with Gasteiger partial charge in [-0.2, -0.15) is 0 Å². The molecule has 0 bridgehead atoms. The molecule has 2 N–H and O–H groups in total. The van der Waals surface area contributed by atoms with E-state index in [1.54, 1.807) is 0 Å². The Morgan fingerprint density at radius 2 is 2.30 bits per heavy atom. The zero-order chi connectivity index (χ0) is 7.82. The molecular weight excluding hydrogens is 133 g/mol. The molecule has 0 heterocycles. The molecule has 1 atom stereocenters. The van der Waals surface area contributed by atoms with Gasteiger partial charge in [0, 0.05) is 6.54 Å². The maximum atomic E-state index is 11.5. The maximum Gasteiger partial charge on any atom is 0.0906 e. The predicted octanol–water partition coefficient (Wildman–Crippen LogP) is 0.706. The molecule has 10 heavy (non-hydrogen) atoms. The first-order valence-corrected chi connectivity index (χ1v) is 3.76. The molecule has 0 aliphatic heterocycles. The highest BCUT2D eigenvalue weighted by atomic mass is 19.1. The summed E-state index contributed by atoms with van der Waals surface area (Å²) in [6, 6.07) is 0. The smallest absolute Gasteiger partial charge is 0.0906 e. The summed E-state index contributed by atoms with van der Waals surface area (Å²) in [5.41, 5.74) is 0. The van der Waals surface area contributed by atoms with Gasteiger partial charge in [-0.3, -0.25) is 4.39 Å². The molecular formula is C7H16FNO. The standard InChI is InChI=1S/C7H16FNO/c1-2-7(10)6-9-5-3-4-8/h7,9-10H,2-6H2,1H3. The van der Waals surface area contributed by atoms with Gasteiger partial charge < -0.3 is 10.4 Å². The second-order valence-electron chi connectivity index (χ2n) is 2.31. The van der Waals surface area contributed by atoms with Crippen LogP contribution in [0.3, 0.4) is 0 Å². The molecule has 0 spiro atoms. The summed E-state index contributed by atoms with van der Waals surface area (Å²) in [4.78, 5) is 0. The topological polar surface area (TPSA) is 32.3 Å². The van der Waals surface area contributed by atoms with Crippen LogP contribution in [-0.2, 0) is 0 Å². The minimum atomic E-state index is -0.283. The number of halogens is 1. The summed E-state index contributed by atoms with van der Waals surface area (Å²) < 4.78 is 11.5. The van der Waals surface area contributed by atoms with Crippen molar-refractivity contribution in [2.45, 2.75) is 25.9 Å². The highest BCUT2D eigenvalue weighted by molar-refractivity contribution is 4.55. The number of alkyl halides is 1. The molecule has 0 aromatic carbocycles. The first-order chi connectivity index (χ1) is 4.81. The van der Waals surface area contributed by atoms with Crippen LogP contribution < -0.4 is 5.32 Å². The SMILES string of the molecule is CCC(O)CNCCCF. The van der Waals surface area contributed by atoms with Crippen LogP contribution in [0, 0.1) is 0 Å². The molecule has 2 nitrogen and oxygen atoms in total. The van der Waals surface area contributed by atoms with E-state index < -0.39 is 0 Å². The Morgan fingerprint density at radius 3 is 2.80 bits per heavy atom. The number of hydrogen-bond donors (Lipinski definition) is 2. The molecule has 0 fully saturated rings. The van der Waals surface area contributed by atoms with Crippen molar-refractivity contribution in [3.8, 4) is 0 Å². The Morgan fingerprint density at radius 1 is 1.60 bits per heavy atom. The first-order valence-electron chi connectivity index (χ1n) is 3.76. The van der Waals surface area contributed by atoms with Crippen molar-refractivity contribution in [3.63, 3.8) is 0 Å². The van der Waals surface area contributed by atoms with Crippen molar-refractivity contribution in [2.75, 3.05) is 19.8 Å². The van der Waals surface area contributed by atoms with Crippen LogP contribution in [0.5, 0.6) is 0 Å². The summed E-state index contributed by atoms with van der Waals surface area (Å²) in [6.07, 6.45) is 1.01. The molecule has 62 valence electrons. The van der Waals surface area contributed by atoms with E-state index in [1.807, 2.05) is 6.92 Å². The highest BCUT2D eigenvalue weighted by Crippen LogP contribution is 1.86. The zero-order valence-corrected chi connectivity index (χ0v) is 6.44. The average Bonchev–Trinajstić information content (AvgIpc) is 1.98. The summed E-state index contributed by atoms with van der Waals surface area (Å²) >= 11 is 0. The third kappa shape index (κ3) is 5.98. The summed E-state index contributed by atoms with van der Waals surface area (Å²) in [5, 5.41) is 11.9. The third-order valence-electron chi connectivity index (χ3n) is 1.34. The van der Waals surface area contributed by atoms with E-state index in [9.17, 15) is 4.39 Å². The molecule has 0 saturated heterocycles. The Hall–Kier alpha value is -0.150. The quantitative estimate of drug-likeness (QED) is 0.545. The maximum absolute atomic E-state index is 11.5. The van der Waals surface area contributed by atoms with Crippen LogP contribution >= 0.6 is 0 Å². The van der Waals surface area contributed by atoms with Gasteiger partial charge in [-0.1, -0.05) is 6.92 Å². The fourth-order valence-electron chi connectivity index (χ4n) is 0.605. The zero-order valence-electron chi connectivity index (χ0n) is 6.44. The Bertz CT molecular complexity index is 70.6. The molecule has 0 rings (SSSR count). The van der Waals surface area contributed by atoms with Gasteiger partial charge in [0.05, 0.1) is 12.8 Å². The lowest BCUT2D eigenvalue weighted by Crippen LogP contribution is -2.27. The van der Waals surface area contributed by atoms with Crippen molar-refractivity contribution in [1.29, 1.82) is 0 Å². The third-order valence-corrected chi connectivity index (χ3v) is 1.34. The lowest BCUT2D eigenvalue weighted by Gasteiger charge is -2.07. The van der Waals surface area contributed by atoms with E-state index in [4.69, 9.17) is 5.11 Å². The van der Waals surface area contributed by atoms with Gasteiger partial charge in [0.25, 0.3) is 0 Å². The van der Waals surface area contributed by atoms with Gasteiger partial charge in [0.15, 0.2) is 0 Å². The van der Waals surface area contributed by atoms with Crippen molar-refractivity contribution in [1.82, 2.24) is 5.32 Å². The number of hydrogen-bond acceptors (Lipinski definition) is 2. The van der Waals surface area contributed by atoms with Crippen LogP contribution in [-0.4, -0.2) is 31.0 Å². The molecule has 0 radical (unpaired) electrons. The van der Waals surface area contributed by atoms with Crippen molar-refractivity contribution in [2.24, 2.45) is 0 Å². The Kier molecular flexibility index (Phi) is 6.86.